The van der Waals surface area contributed by atoms with Crippen molar-refractivity contribution < 1.29 is 9.47 Å². The second-order valence-electron chi connectivity index (χ2n) is 2.57. The van der Waals surface area contributed by atoms with Crippen molar-refractivity contribution in [2.75, 3.05) is 13.7 Å². The summed E-state index contributed by atoms with van der Waals surface area (Å²) in [6, 6.07) is 7.14. The summed E-state index contributed by atoms with van der Waals surface area (Å²) in [4.78, 5) is 0. The fourth-order valence-electron chi connectivity index (χ4n) is 0.998. The molecule has 0 saturated carbocycles. The summed E-state index contributed by atoms with van der Waals surface area (Å²) >= 11 is 0. The number of methoxy groups -OCH3 is 1. The van der Waals surface area contributed by atoms with E-state index in [2.05, 4.69) is 6.58 Å². The lowest BCUT2D eigenvalue weighted by Crippen LogP contribution is -1.95. The zero-order chi connectivity index (χ0) is 10.4. The number of hydrogen-bond donors (Lipinski definition) is 0. The molecule has 3 heteroatoms. The van der Waals surface area contributed by atoms with E-state index in [1.807, 2.05) is 6.07 Å². The van der Waals surface area contributed by atoms with Crippen LogP contribution >= 0.6 is 0 Å². The Hall–Kier alpha value is -1.95. The van der Waals surface area contributed by atoms with Crippen molar-refractivity contribution in [1.82, 2.24) is 0 Å². The smallest absolute Gasteiger partial charge is 0.137 e. The van der Waals surface area contributed by atoms with E-state index in [0.717, 1.165) is 0 Å². The predicted molar refractivity (Wildman–Crippen MR) is 53.4 cm³/mol. The van der Waals surface area contributed by atoms with Crippen molar-refractivity contribution in [1.29, 1.82) is 5.26 Å². The standard InChI is InChI=1S/C11H11NO2/c1-3-6-14-11-5-4-10(13-2)7-9(11)8-12/h3-5,7H,1,6H2,2H3. The van der Waals surface area contributed by atoms with E-state index < -0.39 is 0 Å². The molecular formula is C11H11NO2. The monoisotopic (exact) mass is 189 g/mol. The minimum atomic E-state index is 0.390. The van der Waals surface area contributed by atoms with Gasteiger partial charge >= 0.3 is 0 Å². The highest BCUT2D eigenvalue weighted by Gasteiger charge is 2.03. The minimum Gasteiger partial charge on any atom is -0.497 e. The van der Waals surface area contributed by atoms with Gasteiger partial charge in [-0.3, -0.25) is 0 Å². The van der Waals surface area contributed by atoms with Crippen LogP contribution in [0.2, 0.25) is 0 Å². The van der Waals surface area contributed by atoms with Gasteiger partial charge < -0.3 is 9.47 Å². The fourth-order valence-corrected chi connectivity index (χ4v) is 0.998. The molecule has 0 aromatic heterocycles. The van der Waals surface area contributed by atoms with Crippen LogP contribution in [0.15, 0.2) is 30.9 Å². The molecule has 0 N–H and O–H groups in total. The lowest BCUT2D eigenvalue weighted by molar-refractivity contribution is 0.360. The molecule has 0 fully saturated rings. The van der Waals surface area contributed by atoms with Gasteiger partial charge in [-0.05, 0) is 12.1 Å². The highest BCUT2D eigenvalue weighted by Crippen LogP contribution is 2.23. The van der Waals surface area contributed by atoms with Gasteiger partial charge in [0.15, 0.2) is 0 Å². The summed E-state index contributed by atoms with van der Waals surface area (Å²) in [5, 5.41) is 8.83. The molecule has 1 aromatic carbocycles. The maximum atomic E-state index is 8.83. The van der Waals surface area contributed by atoms with Crippen molar-refractivity contribution >= 4 is 0 Å². The Kier molecular flexibility index (Phi) is 3.57. The molecule has 1 rings (SSSR count). The Morgan fingerprint density at radius 3 is 2.93 bits per heavy atom. The lowest BCUT2D eigenvalue weighted by Gasteiger charge is -2.06. The Bertz CT molecular complexity index is 366. The highest BCUT2D eigenvalue weighted by atomic mass is 16.5. The van der Waals surface area contributed by atoms with Crippen molar-refractivity contribution in [2.45, 2.75) is 0 Å². The molecule has 0 aliphatic rings. The van der Waals surface area contributed by atoms with Crippen LogP contribution in [0.3, 0.4) is 0 Å². The second-order valence-corrected chi connectivity index (χ2v) is 2.57. The summed E-state index contributed by atoms with van der Waals surface area (Å²) in [7, 11) is 1.56. The number of ether oxygens (including phenoxy) is 2. The fraction of sp³-hybridized carbons (Fsp3) is 0.182. The molecule has 72 valence electrons. The summed E-state index contributed by atoms with van der Waals surface area (Å²) in [6.07, 6.45) is 1.63. The van der Waals surface area contributed by atoms with Crippen LogP contribution in [0.25, 0.3) is 0 Å². The van der Waals surface area contributed by atoms with E-state index in [1.54, 1.807) is 31.4 Å². The third-order valence-electron chi connectivity index (χ3n) is 1.66. The van der Waals surface area contributed by atoms with Crippen molar-refractivity contribution in [3.63, 3.8) is 0 Å². The van der Waals surface area contributed by atoms with Gasteiger partial charge in [-0.15, -0.1) is 0 Å². The van der Waals surface area contributed by atoms with Crippen LogP contribution in [0.5, 0.6) is 11.5 Å². The van der Waals surface area contributed by atoms with Crippen LogP contribution in [-0.2, 0) is 0 Å². The largest absolute Gasteiger partial charge is 0.497 e. The SMILES string of the molecule is C=CCOc1ccc(OC)cc1C#N. The third kappa shape index (κ3) is 2.27. The molecule has 0 saturated heterocycles. The molecule has 0 atom stereocenters. The summed E-state index contributed by atoms with van der Waals surface area (Å²) in [5.74, 6) is 1.20. The van der Waals surface area contributed by atoms with Crippen molar-refractivity contribution in [3.05, 3.63) is 36.4 Å². The van der Waals surface area contributed by atoms with E-state index in [-0.39, 0.29) is 0 Å². The van der Waals surface area contributed by atoms with Crippen LogP contribution < -0.4 is 9.47 Å². The molecule has 0 heterocycles. The zero-order valence-electron chi connectivity index (χ0n) is 7.99. The maximum Gasteiger partial charge on any atom is 0.137 e. The molecule has 0 unspecified atom stereocenters. The number of rotatable bonds is 4. The van der Waals surface area contributed by atoms with E-state index in [1.165, 1.54) is 0 Å². The molecule has 0 amide bonds. The summed E-state index contributed by atoms with van der Waals surface area (Å²) in [6.45, 7) is 3.92. The Balaban J connectivity index is 2.94. The first-order valence-electron chi connectivity index (χ1n) is 4.13. The van der Waals surface area contributed by atoms with Gasteiger partial charge in [-0.25, -0.2) is 0 Å². The Morgan fingerprint density at radius 2 is 2.36 bits per heavy atom. The van der Waals surface area contributed by atoms with Gasteiger partial charge in [0.2, 0.25) is 0 Å². The predicted octanol–water partition coefficient (Wildman–Crippen LogP) is 2.13. The third-order valence-corrected chi connectivity index (χ3v) is 1.66. The Morgan fingerprint density at radius 1 is 1.57 bits per heavy atom. The van der Waals surface area contributed by atoms with Gasteiger partial charge in [-0.2, -0.15) is 5.26 Å². The molecule has 0 aliphatic heterocycles. The van der Waals surface area contributed by atoms with Gasteiger partial charge in [-0.1, -0.05) is 12.7 Å². The first-order chi connectivity index (χ1) is 6.81. The van der Waals surface area contributed by atoms with Crippen LogP contribution in [0.4, 0.5) is 0 Å². The molecule has 0 radical (unpaired) electrons. The average Bonchev–Trinajstić information content (AvgIpc) is 2.26. The van der Waals surface area contributed by atoms with Crippen LogP contribution in [0.1, 0.15) is 5.56 Å². The molecule has 1 aromatic rings. The first kappa shape index (κ1) is 10.1. The van der Waals surface area contributed by atoms with Gasteiger partial charge in [0.05, 0.1) is 12.7 Å². The van der Waals surface area contributed by atoms with E-state index in [0.29, 0.717) is 23.7 Å². The van der Waals surface area contributed by atoms with Crippen molar-refractivity contribution in [3.8, 4) is 17.6 Å². The van der Waals surface area contributed by atoms with Crippen molar-refractivity contribution in [2.24, 2.45) is 0 Å². The van der Waals surface area contributed by atoms with E-state index in [4.69, 9.17) is 14.7 Å². The molecule has 3 nitrogen and oxygen atoms in total. The summed E-state index contributed by atoms with van der Waals surface area (Å²) < 4.78 is 10.3. The van der Waals surface area contributed by atoms with E-state index in [9.17, 15) is 0 Å². The molecule has 0 spiro atoms. The number of benzene rings is 1. The maximum absolute atomic E-state index is 8.83. The van der Waals surface area contributed by atoms with E-state index >= 15 is 0 Å². The van der Waals surface area contributed by atoms with Gasteiger partial charge in [0.25, 0.3) is 0 Å². The number of nitrogens with zero attached hydrogens (tertiary/aromatic N) is 1. The van der Waals surface area contributed by atoms with Crippen LogP contribution in [0, 0.1) is 11.3 Å². The average molecular weight is 189 g/mol. The summed E-state index contributed by atoms with van der Waals surface area (Å²) in [5.41, 5.74) is 0.464. The molecule has 0 bridgehead atoms. The quantitative estimate of drug-likeness (QED) is 0.681. The lowest BCUT2D eigenvalue weighted by atomic mass is 10.2. The second kappa shape index (κ2) is 4.93. The number of hydrogen-bond acceptors (Lipinski definition) is 3. The molecular weight excluding hydrogens is 178 g/mol. The minimum absolute atomic E-state index is 0.390. The van der Waals surface area contributed by atoms with Crippen LogP contribution in [-0.4, -0.2) is 13.7 Å². The zero-order valence-corrected chi connectivity index (χ0v) is 7.99. The molecule has 14 heavy (non-hydrogen) atoms. The topological polar surface area (TPSA) is 42.2 Å². The van der Waals surface area contributed by atoms with Gasteiger partial charge in [0.1, 0.15) is 24.2 Å². The normalized spacial score (nSPS) is 8.86. The molecule has 0 aliphatic carbocycles. The Labute approximate surface area is 83.2 Å². The first-order valence-corrected chi connectivity index (χ1v) is 4.13. The van der Waals surface area contributed by atoms with Gasteiger partial charge in [0, 0.05) is 6.07 Å². The highest BCUT2D eigenvalue weighted by molar-refractivity contribution is 5.47. The number of nitriles is 1.